The predicted octanol–water partition coefficient (Wildman–Crippen LogP) is 5.25. The van der Waals surface area contributed by atoms with E-state index in [1.165, 1.54) is 12.1 Å². The highest BCUT2D eigenvalue weighted by Crippen LogP contribution is 2.30. The molecule has 4 rings (SSSR count). The quantitative estimate of drug-likeness (QED) is 0.562. The summed E-state index contributed by atoms with van der Waals surface area (Å²) in [6.45, 7) is 5.19. The van der Waals surface area contributed by atoms with Crippen molar-refractivity contribution in [3.8, 4) is 11.8 Å². The van der Waals surface area contributed by atoms with Gasteiger partial charge in [0.1, 0.15) is 11.6 Å². The molecule has 29 heavy (non-hydrogen) atoms. The maximum absolute atomic E-state index is 13.1. The van der Waals surface area contributed by atoms with Crippen LogP contribution in [0.3, 0.4) is 0 Å². The molecule has 2 heterocycles. The van der Waals surface area contributed by atoms with Crippen LogP contribution in [0.5, 0.6) is 0 Å². The van der Waals surface area contributed by atoms with Crippen molar-refractivity contribution < 1.29 is 4.39 Å². The van der Waals surface area contributed by atoms with E-state index in [1.807, 2.05) is 22.8 Å². The molecule has 1 atom stereocenters. The van der Waals surface area contributed by atoms with E-state index in [2.05, 4.69) is 25.7 Å². The molecule has 0 saturated heterocycles. The van der Waals surface area contributed by atoms with Gasteiger partial charge in [-0.2, -0.15) is 0 Å². The molecule has 0 amide bonds. The third kappa shape index (κ3) is 4.24. The van der Waals surface area contributed by atoms with Crippen LogP contribution in [0, 0.1) is 23.6 Å². The molecule has 1 aromatic heterocycles. The summed E-state index contributed by atoms with van der Waals surface area (Å²) in [6, 6.07) is 11.7. The third-order valence-corrected chi connectivity index (χ3v) is 5.49. The number of halogens is 1. The molecule has 1 aliphatic rings. The van der Waals surface area contributed by atoms with Gasteiger partial charge in [0, 0.05) is 23.6 Å². The van der Waals surface area contributed by atoms with Crippen LogP contribution in [-0.4, -0.2) is 9.55 Å². The van der Waals surface area contributed by atoms with Gasteiger partial charge < -0.3 is 0 Å². The van der Waals surface area contributed by atoms with Gasteiger partial charge in [0.25, 0.3) is 5.56 Å². The van der Waals surface area contributed by atoms with E-state index < -0.39 is 0 Å². The first kappa shape index (κ1) is 19.4. The highest BCUT2D eigenvalue weighted by molar-refractivity contribution is 5.79. The Morgan fingerprint density at radius 3 is 2.59 bits per heavy atom. The Labute approximate surface area is 170 Å². The van der Waals surface area contributed by atoms with Gasteiger partial charge in [0.15, 0.2) is 0 Å². The average Bonchev–Trinajstić information content (AvgIpc) is 2.90. The van der Waals surface area contributed by atoms with Crippen LogP contribution in [-0.2, 0) is 6.54 Å². The standard InChI is InChI=1S/C25H25FN2O/c1-17(2)15-20-5-3-4-14-28-24(20)27-23-16-19(10-13-22(23)25(28)29)7-6-18-8-11-21(26)12-9-18/h8-13,16-17,20H,3-5,14-15H2,1-2H3. The van der Waals surface area contributed by atoms with Gasteiger partial charge in [-0.15, -0.1) is 0 Å². The molecule has 0 spiro atoms. The molecule has 0 saturated carbocycles. The minimum Gasteiger partial charge on any atom is -0.296 e. The Morgan fingerprint density at radius 2 is 1.83 bits per heavy atom. The van der Waals surface area contributed by atoms with Gasteiger partial charge in [-0.05, 0) is 67.6 Å². The van der Waals surface area contributed by atoms with Gasteiger partial charge in [0.05, 0.1) is 10.9 Å². The van der Waals surface area contributed by atoms with Crippen molar-refractivity contribution in [2.24, 2.45) is 5.92 Å². The van der Waals surface area contributed by atoms with E-state index in [0.29, 0.717) is 22.7 Å². The summed E-state index contributed by atoms with van der Waals surface area (Å²) in [6.07, 6.45) is 4.28. The second-order valence-electron chi connectivity index (χ2n) is 8.24. The van der Waals surface area contributed by atoms with E-state index in [0.717, 1.165) is 49.2 Å². The van der Waals surface area contributed by atoms with E-state index in [1.54, 1.807) is 12.1 Å². The first-order valence-electron chi connectivity index (χ1n) is 10.3. The normalized spacial score (nSPS) is 16.2. The van der Waals surface area contributed by atoms with Gasteiger partial charge in [-0.25, -0.2) is 9.37 Å². The minimum absolute atomic E-state index is 0.0544. The first-order chi connectivity index (χ1) is 14.0. The van der Waals surface area contributed by atoms with Crippen molar-refractivity contribution in [1.29, 1.82) is 0 Å². The first-order valence-corrected chi connectivity index (χ1v) is 10.3. The Morgan fingerprint density at radius 1 is 1.10 bits per heavy atom. The SMILES string of the molecule is CC(C)CC1CCCCn2c1nc1cc(C#Cc3ccc(F)cc3)ccc1c2=O. The maximum Gasteiger partial charge on any atom is 0.261 e. The fourth-order valence-corrected chi connectivity index (χ4v) is 4.10. The van der Waals surface area contributed by atoms with E-state index in [4.69, 9.17) is 4.98 Å². The van der Waals surface area contributed by atoms with Crippen molar-refractivity contribution in [3.05, 3.63) is 75.6 Å². The third-order valence-electron chi connectivity index (χ3n) is 5.49. The average molecular weight is 388 g/mol. The van der Waals surface area contributed by atoms with Gasteiger partial charge >= 0.3 is 0 Å². The van der Waals surface area contributed by atoms with Gasteiger partial charge in [0.2, 0.25) is 0 Å². The fourth-order valence-electron chi connectivity index (χ4n) is 4.10. The smallest absolute Gasteiger partial charge is 0.261 e. The lowest BCUT2D eigenvalue weighted by Crippen LogP contribution is -2.26. The Balaban J connectivity index is 1.77. The number of nitrogens with zero attached hydrogens (tertiary/aromatic N) is 2. The Bertz CT molecular complexity index is 1150. The highest BCUT2D eigenvalue weighted by atomic mass is 19.1. The molecule has 0 N–H and O–H groups in total. The van der Waals surface area contributed by atoms with Gasteiger partial charge in [-0.1, -0.05) is 32.1 Å². The van der Waals surface area contributed by atoms with Gasteiger partial charge in [-0.3, -0.25) is 9.36 Å². The molecule has 0 fully saturated rings. The second kappa shape index (κ2) is 8.21. The zero-order valence-electron chi connectivity index (χ0n) is 16.9. The molecule has 2 aromatic carbocycles. The molecular weight excluding hydrogens is 363 g/mol. The fraction of sp³-hybridized carbons (Fsp3) is 0.360. The molecule has 4 heteroatoms. The predicted molar refractivity (Wildman–Crippen MR) is 114 cm³/mol. The topological polar surface area (TPSA) is 34.9 Å². The highest BCUT2D eigenvalue weighted by Gasteiger charge is 2.23. The minimum atomic E-state index is -0.275. The summed E-state index contributed by atoms with van der Waals surface area (Å²) in [5, 5.41) is 0.645. The molecule has 0 aliphatic carbocycles. The lowest BCUT2D eigenvalue weighted by molar-refractivity contribution is 0.455. The Hall–Kier alpha value is -2.93. The second-order valence-corrected chi connectivity index (χ2v) is 8.24. The lowest BCUT2D eigenvalue weighted by Gasteiger charge is -2.19. The van der Waals surface area contributed by atoms with Crippen molar-refractivity contribution in [3.63, 3.8) is 0 Å². The van der Waals surface area contributed by atoms with Crippen LogP contribution in [0.15, 0.2) is 47.3 Å². The summed E-state index contributed by atoms with van der Waals surface area (Å²) >= 11 is 0. The number of benzene rings is 2. The maximum atomic E-state index is 13.1. The van der Waals surface area contributed by atoms with Crippen molar-refractivity contribution in [1.82, 2.24) is 9.55 Å². The summed E-state index contributed by atoms with van der Waals surface area (Å²) in [7, 11) is 0. The van der Waals surface area contributed by atoms with Crippen molar-refractivity contribution >= 4 is 10.9 Å². The number of aromatic nitrogens is 2. The van der Waals surface area contributed by atoms with Crippen molar-refractivity contribution in [2.75, 3.05) is 0 Å². The van der Waals surface area contributed by atoms with E-state index >= 15 is 0 Å². The lowest BCUT2D eigenvalue weighted by atomic mass is 9.92. The molecule has 0 radical (unpaired) electrons. The monoisotopic (exact) mass is 388 g/mol. The largest absolute Gasteiger partial charge is 0.296 e. The van der Waals surface area contributed by atoms with Crippen LogP contribution in [0.2, 0.25) is 0 Å². The Kier molecular flexibility index (Phi) is 5.49. The van der Waals surface area contributed by atoms with Crippen molar-refractivity contribution in [2.45, 2.75) is 52.0 Å². The summed E-state index contributed by atoms with van der Waals surface area (Å²) in [4.78, 5) is 18.1. The number of fused-ring (bicyclic) bond motifs is 2. The van der Waals surface area contributed by atoms with Crippen LogP contribution >= 0.6 is 0 Å². The molecule has 3 nitrogen and oxygen atoms in total. The number of rotatable bonds is 2. The van der Waals surface area contributed by atoms with Crippen LogP contribution in [0.25, 0.3) is 10.9 Å². The van der Waals surface area contributed by atoms with E-state index in [-0.39, 0.29) is 11.4 Å². The summed E-state index contributed by atoms with van der Waals surface area (Å²) in [5.41, 5.74) is 2.31. The zero-order chi connectivity index (χ0) is 20.4. The van der Waals surface area contributed by atoms with E-state index in [9.17, 15) is 9.18 Å². The van der Waals surface area contributed by atoms with Crippen LogP contribution in [0.1, 0.15) is 62.4 Å². The molecular formula is C25H25FN2O. The molecule has 1 aliphatic heterocycles. The zero-order valence-corrected chi connectivity index (χ0v) is 16.9. The summed E-state index contributed by atoms with van der Waals surface area (Å²) in [5.74, 6) is 7.69. The van der Waals surface area contributed by atoms with Crippen LogP contribution < -0.4 is 5.56 Å². The number of hydrogen-bond donors (Lipinski definition) is 0. The molecule has 3 aromatic rings. The molecule has 0 bridgehead atoms. The summed E-state index contributed by atoms with van der Waals surface area (Å²) < 4.78 is 14.9. The molecule has 1 unspecified atom stereocenters. The molecule has 148 valence electrons. The number of hydrogen-bond acceptors (Lipinski definition) is 2. The van der Waals surface area contributed by atoms with Crippen LogP contribution in [0.4, 0.5) is 4.39 Å².